The van der Waals surface area contributed by atoms with Crippen molar-refractivity contribution in [3.63, 3.8) is 0 Å². The normalized spacial score (nSPS) is 18.8. The van der Waals surface area contributed by atoms with Crippen LogP contribution in [0.25, 0.3) is 0 Å². The van der Waals surface area contributed by atoms with Crippen LogP contribution < -0.4 is 0 Å². The minimum atomic E-state index is -3.12. The first-order chi connectivity index (χ1) is 7.47. The van der Waals surface area contributed by atoms with Gasteiger partial charge in [0.15, 0.2) is 0 Å². The molecule has 0 N–H and O–H groups in total. The smallest absolute Gasteiger partial charge is 0.224 e. The molecule has 0 radical (unpaired) electrons. The summed E-state index contributed by atoms with van der Waals surface area (Å²) in [7, 11) is 0.816. The van der Waals surface area contributed by atoms with Gasteiger partial charge >= 0.3 is 0 Å². The molecule has 0 aromatic heterocycles. The number of alkyl halides is 1. The van der Waals surface area contributed by atoms with E-state index in [-0.39, 0.29) is 10.7 Å². The minimum absolute atomic E-state index is 0.0317. The van der Waals surface area contributed by atoms with Crippen molar-refractivity contribution in [2.24, 2.45) is 0 Å². The van der Waals surface area contributed by atoms with Crippen LogP contribution in [0.5, 0.6) is 0 Å². The van der Waals surface area contributed by atoms with Crippen LogP contribution in [0.15, 0.2) is 0 Å². The van der Waals surface area contributed by atoms with E-state index in [9.17, 15) is 8.42 Å². The Labute approximate surface area is 107 Å². The molecule has 1 saturated carbocycles. The standard InChI is InChI=1S/C10H21BrN2O2S/c1-12(2)7-8-13(16(14,15)9-11)10-5-3-4-6-10/h10H,3-9H2,1-2H3. The number of hydrogen-bond donors (Lipinski definition) is 0. The SMILES string of the molecule is CN(C)CCN(C1CCCC1)S(=O)(=O)CBr. The molecule has 0 saturated heterocycles. The summed E-state index contributed by atoms with van der Waals surface area (Å²) in [6, 6.07) is 0.225. The third-order valence-corrected chi connectivity index (χ3v) is 6.20. The van der Waals surface area contributed by atoms with E-state index in [1.54, 1.807) is 4.31 Å². The van der Waals surface area contributed by atoms with Crippen LogP contribution in [0.2, 0.25) is 0 Å². The Morgan fingerprint density at radius 2 is 1.75 bits per heavy atom. The van der Waals surface area contributed by atoms with Gasteiger partial charge in [0.2, 0.25) is 10.0 Å². The molecule has 16 heavy (non-hydrogen) atoms. The highest BCUT2D eigenvalue weighted by atomic mass is 79.9. The summed E-state index contributed by atoms with van der Waals surface area (Å²) < 4.78 is 25.6. The van der Waals surface area contributed by atoms with Crippen LogP contribution in [0.1, 0.15) is 25.7 Å². The summed E-state index contributed by atoms with van der Waals surface area (Å²) >= 11 is 3.08. The highest BCUT2D eigenvalue weighted by Gasteiger charge is 2.30. The summed E-state index contributed by atoms with van der Waals surface area (Å²) in [6.45, 7) is 1.38. The lowest BCUT2D eigenvalue weighted by Gasteiger charge is -2.28. The third-order valence-electron chi connectivity index (χ3n) is 2.99. The van der Waals surface area contributed by atoms with Crippen LogP contribution in [0.4, 0.5) is 0 Å². The predicted molar refractivity (Wildman–Crippen MR) is 70.2 cm³/mol. The van der Waals surface area contributed by atoms with Gasteiger partial charge < -0.3 is 4.90 Å². The molecule has 6 heteroatoms. The van der Waals surface area contributed by atoms with Crippen molar-refractivity contribution < 1.29 is 8.42 Å². The van der Waals surface area contributed by atoms with Crippen molar-refractivity contribution in [1.82, 2.24) is 9.21 Å². The van der Waals surface area contributed by atoms with E-state index in [1.165, 1.54) is 0 Å². The van der Waals surface area contributed by atoms with E-state index in [0.717, 1.165) is 32.2 Å². The second-order valence-electron chi connectivity index (χ2n) is 4.57. The van der Waals surface area contributed by atoms with Gasteiger partial charge in [-0.15, -0.1) is 0 Å². The average Bonchev–Trinajstić information content (AvgIpc) is 2.70. The van der Waals surface area contributed by atoms with E-state index in [2.05, 4.69) is 15.9 Å². The number of likely N-dealkylation sites (N-methyl/N-ethyl adjacent to an activating group) is 1. The Kier molecular flexibility index (Phi) is 5.70. The summed E-state index contributed by atoms with van der Waals surface area (Å²) in [6.07, 6.45) is 4.33. The highest BCUT2D eigenvalue weighted by Crippen LogP contribution is 2.26. The zero-order chi connectivity index (χ0) is 12.2. The molecule has 0 amide bonds. The first-order valence-corrected chi connectivity index (χ1v) is 8.40. The molecule has 0 unspecified atom stereocenters. The Morgan fingerprint density at radius 1 is 1.19 bits per heavy atom. The lowest BCUT2D eigenvalue weighted by Crippen LogP contribution is -2.43. The summed E-state index contributed by atoms with van der Waals surface area (Å²) in [5, 5.41) is 0. The van der Waals surface area contributed by atoms with E-state index in [1.807, 2.05) is 19.0 Å². The summed E-state index contributed by atoms with van der Waals surface area (Å²) in [5.74, 6) is 0. The first kappa shape index (κ1) is 14.4. The fourth-order valence-electron chi connectivity index (χ4n) is 2.10. The molecule has 1 fully saturated rings. The lowest BCUT2D eigenvalue weighted by atomic mass is 10.2. The maximum atomic E-state index is 12.0. The number of halogens is 1. The van der Waals surface area contributed by atoms with Crippen LogP contribution in [-0.2, 0) is 10.0 Å². The number of sulfonamides is 1. The van der Waals surface area contributed by atoms with Crippen molar-refractivity contribution in [1.29, 1.82) is 0 Å². The zero-order valence-corrected chi connectivity index (χ0v) is 12.4. The summed E-state index contributed by atoms with van der Waals surface area (Å²) in [4.78, 5) is 2.02. The number of nitrogens with zero attached hydrogens (tertiary/aromatic N) is 2. The third kappa shape index (κ3) is 3.98. The van der Waals surface area contributed by atoms with Crippen LogP contribution in [0.3, 0.4) is 0 Å². The van der Waals surface area contributed by atoms with Crippen molar-refractivity contribution in [2.45, 2.75) is 31.7 Å². The fraction of sp³-hybridized carbons (Fsp3) is 1.00. The summed E-state index contributed by atoms with van der Waals surface area (Å²) in [5.41, 5.74) is 0. The van der Waals surface area contributed by atoms with Crippen molar-refractivity contribution in [3.05, 3.63) is 0 Å². The molecule has 0 aliphatic heterocycles. The molecule has 0 aromatic rings. The van der Waals surface area contributed by atoms with Gasteiger partial charge in [-0.05, 0) is 26.9 Å². The molecule has 0 heterocycles. The molecule has 0 spiro atoms. The second-order valence-corrected chi connectivity index (χ2v) is 7.80. The Hall–Kier alpha value is 0.350. The minimum Gasteiger partial charge on any atom is -0.308 e. The van der Waals surface area contributed by atoms with E-state index in [4.69, 9.17) is 0 Å². The highest BCUT2D eigenvalue weighted by molar-refractivity contribution is 9.10. The van der Waals surface area contributed by atoms with Crippen molar-refractivity contribution in [3.8, 4) is 0 Å². The monoisotopic (exact) mass is 312 g/mol. The molecular formula is C10H21BrN2O2S. The van der Waals surface area contributed by atoms with E-state index < -0.39 is 10.0 Å². The van der Waals surface area contributed by atoms with Crippen LogP contribution >= 0.6 is 15.9 Å². The van der Waals surface area contributed by atoms with Gasteiger partial charge in [0.05, 0.1) is 0 Å². The Morgan fingerprint density at radius 3 is 2.19 bits per heavy atom. The molecule has 96 valence electrons. The van der Waals surface area contributed by atoms with Crippen molar-refractivity contribution in [2.75, 3.05) is 31.8 Å². The maximum absolute atomic E-state index is 12.0. The average molecular weight is 313 g/mol. The molecule has 0 atom stereocenters. The molecule has 0 aromatic carbocycles. The van der Waals surface area contributed by atoms with Gasteiger partial charge in [0.25, 0.3) is 0 Å². The van der Waals surface area contributed by atoms with Gasteiger partial charge in [0.1, 0.15) is 4.66 Å². The van der Waals surface area contributed by atoms with Gasteiger partial charge in [-0.25, -0.2) is 8.42 Å². The van der Waals surface area contributed by atoms with E-state index >= 15 is 0 Å². The fourth-order valence-corrected chi connectivity index (χ4v) is 4.04. The molecular weight excluding hydrogens is 292 g/mol. The zero-order valence-electron chi connectivity index (χ0n) is 10.0. The maximum Gasteiger partial charge on any atom is 0.224 e. The van der Waals surface area contributed by atoms with Gasteiger partial charge in [0, 0.05) is 19.1 Å². The van der Waals surface area contributed by atoms with Crippen LogP contribution in [0, 0.1) is 0 Å². The molecule has 1 aliphatic carbocycles. The topological polar surface area (TPSA) is 40.6 Å². The van der Waals surface area contributed by atoms with Gasteiger partial charge in [-0.1, -0.05) is 28.8 Å². The molecule has 4 nitrogen and oxygen atoms in total. The first-order valence-electron chi connectivity index (χ1n) is 5.67. The predicted octanol–water partition coefficient (Wildman–Crippen LogP) is 1.47. The molecule has 1 rings (SSSR count). The Balaban J connectivity index is 2.68. The van der Waals surface area contributed by atoms with Gasteiger partial charge in [-0.2, -0.15) is 4.31 Å². The molecule has 0 bridgehead atoms. The Bertz CT molecular complexity index is 300. The quantitative estimate of drug-likeness (QED) is 0.697. The van der Waals surface area contributed by atoms with E-state index in [0.29, 0.717) is 6.54 Å². The number of rotatable bonds is 6. The number of hydrogen-bond acceptors (Lipinski definition) is 3. The van der Waals surface area contributed by atoms with Gasteiger partial charge in [-0.3, -0.25) is 0 Å². The largest absolute Gasteiger partial charge is 0.308 e. The molecule has 1 aliphatic rings. The lowest BCUT2D eigenvalue weighted by molar-refractivity contribution is 0.283. The van der Waals surface area contributed by atoms with Crippen LogP contribution in [-0.4, -0.2) is 55.5 Å². The second kappa shape index (κ2) is 6.33. The van der Waals surface area contributed by atoms with Crippen molar-refractivity contribution >= 4 is 26.0 Å².